The van der Waals surface area contributed by atoms with Gasteiger partial charge in [0, 0.05) is 61.6 Å². The molecule has 12 nitrogen and oxygen atoms in total. The molecular formula is C29H31F2N6O6PS. The predicted octanol–water partition coefficient (Wildman–Crippen LogP) is 2.89. The first-order chi connectivity index (χ1) is 21.4. The van der Waals surface area contributed by atoms with Gasteiger partial charge >= 0.3 is 13.3 Å². The molecule has 45 heavy (non-hydrogen) atoms. The van der Waals surface area contributed by atoms with Crippen LogP contribution < -0.4 is 10.6 Å². The van der Waals surface area contributed by atoms with E-state index in [-0.39, 0.29) is 34.7 Å². The summed E-state index contributed by atoms with van der Waals surface area (Å²) in [6.45, 7) is 1.27. The first-order valence-corrected chi connectivity index (χ1v) is 16.7. The van der Waals surface area contributed by atoms with Crippen molar-refractivity contribution in [2.45, 2.75) is 49.6 Å². The Balaban J connectivity index is 1.28. The van der Waals surface area contributed by atoms with Crippen molar-refractivity contribution in [2.24, 2.45) is 0 Å². The number of amides is 3. The van der Waals surface area contributed by atoms with E-state index in [4.69, 9.17) is 9.79 Å². The molecule has 2 fully saturated rings. The van der Waals surface area contributed by atoms with Crippen LogP contribution in [0.5, 0.6) is 0 Å². The number of alkyl halides is 2. The third-order valence-electron chi connectivity index (χ3n) is 8.45. The molecule has 1 aromatic carbocycles. The molecule has 0 radical (unpaired) electrons. The van der Waals surface area contributed by atoms with E-state index in [1.807, 2.05) is 28.9 Å². The summed E-state index contributed by atoms with van der Waals surface area (Å²) in [7, 11) is -4.25. The number of hydrogen-bond acceptors (Lipinski definition) is 7. The van der Waals surface area contributed by atoms with E-state index in [2.05, 4.69) is 20.5 Å². The second-order valence-electron chi connectivity index (χ2n) is 11.3. The molecule has 0 saturated carbocycles. The first-order valence-electron chi connectivity index (χ1n) is 14.3. The number of carbonyl (C=O) groups excluding carboxylic acids is 3. The number of likely N-dealkylation sites (N-methyl/N-ethyl adjacent to an activating group) is 1. The minimum atomic E-state index is -5.77. The quantitative estimate of drug-likeness (QED) is 0.221. The van der Waals surface area contributed by atoms with Gasteiger partial charge in [-0.15, -0.1) is 11.3 Å². The normalized spacial score (nSPS) is 21.5. The highest BCUT2D eigenvalue weighted by atomic mass is 32.1. The van der Waals surface area contributed by atoms with Crippen molar-refractivity contribution in [1.29, 1.82) is 0 Å². The van der Waals surface area contributed by atoms with Gasteiger partial charge in [-0.1, -0.05) is 6.07 Å². The van der Waals surface area contributed by atoms with Gasteiger partial charge in [-0.3, -0.25) is 23.8 Å². The van der Waals surface area contributed by atoms with Crippen molar-refractivity contribution in [1.82, 2.24) is 29.8 Å². The van der Waals surface area contributed by atoms with Crippen molar-refractivity contribution in [2.75, 3.05) is 20.1 Å². The van der Waals surface area contributed by atoms with Gasteiger partial charge in [-0.2, -0.15) is 8.78 Å². The van der Waals surface area contributed by atoms with E-state index < -0.39 is 36.8 Å². The highest BCUT2D eigenvalue weighted by molar-refractivity contribution is 7.52. The van der Waals surface area contributed by atoms with Crippen LogP contribution in [0.2, 0.25) is 0 Å². The lowest BCUT2D eigenvalue weighted by molar-refractivity contribution is -0.143. The fourth-order valence-electron chi connectivity index (χ4n) is 6.16. The molecule has 16 heteroatoms. The third-order valence-corrected chi connectivity index (χ3v) is 10.6. The molecule has 3 aromatic heterocycles. The molecule has 2 saturated heterocycles. The summed E-state index contributed by atoms with van der Waals surface area (Å²) < 4.78 is 42.4. The van der Waals surface area contributed by atoms with Crippen molar-refractivity contribution >= 4 is 52.4 Å². The second kappa shape index (κ2) is 11.9. The van der Waals surface area contributed by atoms with Gasteiger partial charge in [0.1, 0.15) is 17.7 Å². The lowest BCUT2D eigenvalue weighted by atomic mass is 10.1. The number of fused-ring (bicyclic) bond motifs is 3. The number of carbonyl (C=O) groups is 3. The monoisotopic (exact) mass is 660 g/mol. The maximum Gasteiger partial charge on any atom is 0.399 e. The summed E-state index contributed by atoms with van der Waals surface area (Å²) in [5.74, 6) is -1.25. The second-order valence-corrected chi connectivity index (χ2v) is 14.1. The summed E-state index contributed by atoms with van der Waals surface area (Å²) in [6, 6.07) is 6.57. The number of nitrogens with one attached hydrogen (secondary N) is 2. The van der Waals surface area contributed by atoms with Gasteiger partial charge in [0.05, 0.1) is 4.88 Å². The predicted molar refractivity (Wildman–Crippen MR) is 162 cm³/mol. The summed E-state index contributed by atoms with van der Waals surface area (Å²) in [4.78, 5) is 66.8. The molecule has 0 spiro atoms. The molecule has 0 bridgehead atoms. The number of nitrogens with zero attached hydrogens (tertiary/aromatic N) is 4. The zero-order valence-corrected chi connectivity index (χ0v) is 25.8. The molecule has 0 aliphatic carbocycles. The number of imidazole rings is 1. The van der Waals surface area contributed by atoms with Crippen molar-refractivity contribution in [3.63, 3.8) is 0 Å². The largest absolute Gasteiger partial charge is 0.399 e. The summed E-state index contributed by atoms with van der Waals surface area (Å²) >= 11 is 1.00. The van der Waals surface area contributed by atoms with Crippen LogP contribution in [0.1, 0.15) is 40.1 Å². The van der Waals surface area contributed by atoms with E-state index in [1.165, 1.54) is 19.2 Å². The van der Waals surface area contributed by atoms with E-state index in [0.717, 1.165) is 34.7 Å². The Morgan fingerprint density at radius 1 is 1.13 bits per heavy atom. The Hall–Kier alpha value is -3.75. The SMILES string of the molecule is CNC(=O)[C@@H]1CC[C@@H]2CCN(Cc3ccn4ccnc4c3)CC(NC(=O)c3cc4cc(C(F)(F)P(=O)(O)O)ccc4s3)C(=O)N21. The van der Waals surface area contributed by atoms with Crippen LogP contribution in [0.25, 0.3) is 15.7 Å². The van der Waals surface area contributed by atoms with Crippen LogP contribution in [0.15, 0.2) is 55.0 Å². The van der Waals surface area contributed by atoms with Gasteiger partial charge in [-0.25, -0.2) is 4.98 Å². The highest BCUT2D eigenvalue weighted by Gasteiger charge is 2.50. The van der Waals surface area contributed by atoms with Gasteiger partial charge < -0.3 is 29.7 Å². The van der Waals surface area contributed by atoms with Crippen molar-refractivity contribution in [3.8, 4) is 0 Å². The summed E-state index contributed by atoms with van der Waals surface area (Å²) in [5, 5.41) is 5.67. The van der Waals surface area contributed by atoms with Crippen LogP contribution in [0, 0.1) is 0 Å². The number of halogens is 2. The topological polar surface area (TPSA) is 157 Å². The molecule has 6 rings (SSSR count). The zero-order chi connectivity index (χ0) is 32.1. The molecule has 3 atom stereocenters. The van der Waals surface area contributed by atoms with Crippen molar-refractivity contribution in [3.05, 3.63) is 71.0 Å². The van der Waals surface area contributed by atoms with Crippen LogP contribution in [0.3, 0.4) is 0 Å². The van der Waals surface area contributed by atoms with Crippen LogP contribution in [-0.2, 0) is 26.4 Å². The highest BCUT2D eigenvalue weighted by Crippen LogP contribution is 2.59. The average Bonchev–Trinajstić information content (AvgIpc) is 3.75. The number of benzene rings is 1. The maximum absolute atomic E-state index is 14.3. The molecule has 4 aromatic rings. The zero-order valence-electron chi connectivity index (χ0n) is 24.1. The standard InChI is InChI=1S/C29H31F2N6O6PS/c1-32-26(38)22-4-3-20-7-9-35(15-17-6-10-36-11-8-33-25(36)12-17)16-21(28(40)37(20)22)34-27(39)24-14-18-13-19(2-5-23(18)45-24)29(30,31)44(41,42)43/h2,5-6,8,10-14,20-22H,3-4,7,9,15-16H2,1H3,(H,32,38)(H,34,39)(H2,41,42,43)/t20-,21?,22+/m1/s1. The Kier molecular flexibility index (Phi) is 8.25. The van der Waals surface area contributed by atoms with E-state index in [0.29, 0.717) is 37.1 Å². The Morgan fingerprint density at radius 2 is 1.93 bits per heavy atom. The molecule has 2 aliphatic rings. The average molecular weight is 661 g/mol. The molecule has 3 amide bonds. The Morgan fingerprint density at radius 3 is 2.69 bits per heavy atom. The van der Waals surface area contributed by atoms with Gasteiger partial charge in [0.25, 0.3) is 5.91 Å². The van der Waals surface area contributed by atoms with E-state index in [9.17, 15) is 27.7 Å². The number of rotatable bonds is 7. The smallest absolute Gasteiger partial charge is 0.357 e. The molecule has 4 N–H and O–H groups in total. The van der Waals surface area contributed by atoms with Gasteiger partial charge in [0.15, 0.2) is 0 Å². The Bertz CT molecular complexity index is 1840. The summed E-state index contributed by atoms with van der Waals surface area (Å²) in [5.41, 5.74) is -3.50. The van der Waals surface area contributed by atoms with Crippen molar-refractivity contribution < 1.29 is 37.5 Å². The van der Waals surface area contributed by atoms with Gasteiger partial charge in [0.2, 0.25) is 11.8 Å². The molecule has 5 heterocycles. The minimum absolute atomic E-state index is 0.133. The molecule has 1 unspecified atom stereocenters. The molecular weight excluding hydrogens is 629 g/mol. The Labute approximate surface area is 260 Å². The minimum Gasteiger partial charge on any atom is -0.357 e. The molecule has 238 valence electrons. The fourth-order valence-corrected chi connectivity index (χ4v) is 7.58. The van der Waals surface area contributed by atoms with Crippen LogP contribution in [0.4, 0.5) is 8.78 Å². The lowest BCUT2D eigenvalue weighted by Crippen LogP contribution is -2.60. The molecule has 2 aliphatic heterocycles. The first kappa shape index (κ1) is 31.2. The summed E-state index contributed by atoms with van der Waals surface area (Å²) in [6.07, 6.45) is 7.26. The van der Waals surface area contributed by atoms with E-state index >= 15 is 0 Å². The fraction of sp³-hybridized carbons (Fsp3) is 0.379. The number of aromatic nitrogens is 2. The maximum atomic E-state index is 14.3. The number of thiophene rings is 1. The van der Waals surface area contributed by atoms with Crippen LogP contribution in [-0.4, -0.2) is 85.0 Å². The van der Waals surface area contributed by atoms with Crippen LogP contribution >= 0.6 is 18.9 Å². The lowest BCUT2D eigenvalue weighted by Gasteiger charge is -2.38. The number of pyridine rings is 1. The third kappa shape index (κ3) is 5.98. The van der Waals surface area contributed by atoms with E-state index in [1.54, 1.807) is 11.1 Å². The number of hydrogen-bond donors (Lipinski definition) is 4. The van der Waals surface area contributed by atoms with Gasteiger partial charge in [-0.05, 0) is 60.5 Å².